The average molecular weight is 307 g/mol. The van der Waals surface area contributed by atoms with Crippen LogP contribution in [0.2, 0.25) is 0 Å². The topological polar surface area (TPSA) is 93.5 Å². The number of rotatable bonds is 9. The predicted molar refractivity (Wildman–Crippen MR) is 85.4 cm³/mol. The largest absolute Gasteiger partial charge is 0.484 e. The van der Waals surface area contributed by atoms with Gasteiger partial charge >= 0.3 is 0 Å². The third-order valence-corrected chi connectivity index (χ3v) is 3.05. The summed E-state index contributed by atoms with van der Waals surface area (Å²) in [5.74, 6) is 0.276. The van der Waals surface area contributed by atoms with Gasteiger partial charge in [-0.05, 0) is 31.0 Å². The summed E-state index contributed by atoms with van der Waals surface area (Å²) in [7, 11) is 0. The number of likely N-dealkylation sites (N-methyl/N-ethyl adjacent to an activating group) is 1. The van der Waals surface area contributed by atoms with Gasteiger partial charge in [-0.15, -0.1) is 0 Å². The lowest BCUT2D eigenvalue weighted by Gasteiger charge is -2.12. The summed E-state index contributed by atoms with van der Waals surface area (Å²) in [4.78, 5) is 23.1. The van der Waals surface area contributed by atoms with Crippen LogP contribution in [-0.2, 0) is 16.1 Å². The molecular weight excluding hydrogens is 282 g/mol. The van der Waals surface area contributed by atoms with Crippen molar-refractivity contribution in [2.75, 3.05) is 13.2 Å². The number of carbonyl (C=O) groups is 2. The monoisotopic (exact) mass is 307 g/mol. The molecular formula is C16H25N3O3. The molecule has 0 aromatic heterocycles. The quantitative estimate of drug-likeness (QED) is 0.633. The number of hydrogen-bond acceptors (Lipinski definition) is 4. The Bertz CT molecular complexity index is 491. The Morgan fingerprint density at radius 2 is 2.05 bits per heavy atom. The van der Waals surface area contributed by atoms with Crippen molar-refractivity contribution in [1.29, 1.82) is 0 Å². The molecule has 0 heterocycles. The smallest absolute Gasteiger partial charge is 0.257 e. The molecule has 1 unspecified atom stereocenters. The van der Waals surface area contributed by atoms with E-state index in [1.165, 1.54) is 0 Å². The Kier molecular flexibility index (Phi) is 7.99. The van der Waals surface area contributed by atoms with E-state index in [1.807, 2.05) is 26.0 Å². The van der Waals surface area contributed by atoms with Crippen LogP contribution in [0.1, 0.15) is 32.3 Å². The highest BCUT2D eigenvalue weighted by Crippen LogP contribution is 2.13. The van der Waals surface area contributed by atoms with E-state index in [0.717, 1.165) is 12.0 Å². The van der Waals surface area contributed by atoms with Gasteiger partial charge in [0.2, 0.25) is 5.91 Å². The first-order valence-corrected chi connectivity index (χ1v) is 7.58. The van der Waals surface area contributed by atoms with Gasteiger partial charge in [-0.2, -0.15) is 0 Å². The molecule has 4 N–H and O–H groups in total. The maximum absolute atomic E-state index is 11.8. The maximum Gasteiger partial charge on any atom is 0.257 e. The first kappa shape index (κ1) is 18.0. The second kappa shape index (κ2) is 9.78. The van der Waals surface area contributed by atoms with Gasteiger partial charge < -0.3 is 21.1 Å². The fraction of sp³-hybridized carbons (Fsp3) is 0.500. The standard InChI is InChI=1S/C16H25N3O3/c1-3-6-14(17)16(21)19-10-12-7-5-8-13(9-12)22-11-15(20)18-4-2/h5,7-9,14H,3-4,6,10-11,17H2,1-2H3,(H,18,20)(H,19,21). The van der Waals surface area contributed by atoms with Crippen molar-refractivity contribution in [3.8, 4) is 5.75 Å². The van der Waals surface area contributed by atoms with Gasteiger partial charge in [0, 0.05) is 13.1 Å². The summed E-state index contributed by atoms with van der Waals surface area (Å²) in [6.07, 6.45) is 1.54. The van der Waals surface area contributed by atoms with Crippen molar-refractivity contribution in [3.05, 3.63) is 29.8 Å². The molecule has 0 radical (unpaired) electrons. The van der Waals surface area contributed by atoms with Crippen molar-refractivity contribution in [1.82, 2.24) is 10.6 Å². The SMILES string of the molecule is CCCC(N)C(=O)NCc1cccc(OCC(=O)NCC)c1. The van der Waals surface area contributed by atoms with E-state index in [-0.39, 0.29) is 18.4 Å². The minimum Gasteiger partial charge on any atom is -0.484 e. The molecule has 2 amide bonds. The molecule has 122 valence electrons. The van der Waals surface area contributed by atoms with E-state index >= 15 is 0 Å². The Hall–Kier alpha value is -2.08. The summed E-state index contributed by atoms with van der Waals surface area (Å²) < 4.78 is 5.40. The molecule has 0 saturated heterocycles. The van der Waals surface area contributed by atoms with Gasteiger partial charge in [-0.1, -0.05) is 25.5 Å². The Morgan fingerprint density at radius 1 is 1.27 bits per heavy atom. The summed E-state index contributed by atoms with van der Waals surface area (Å²) in [6.45, 7) is 4.78. The molecule has 6 nitrogen and oxygen atoms in total. The fourth-order valence-corrected chi connectivity index (χ4v) is 1.90. The third kappa shape index (κ3) is 6.58. The van der Waals surface area contributed by atoms with E-state index in [4.69, 9.17) is 10.5 Å². The van der Waals surface area contributed by atoms with Crippen molar-refractivity contribution in [2.24, 2.45) is 5.73 Å². The number of benzene rings is 1. The molecule has 0 aliphatic rings. The molecule has 0 aliphatic carbocycles. The predicted octanol–water partition coefficient (Wildman–Crippen LogP) is 0.945. The highest BCUT2D eigenvalue weighted by atomic mass is 16.5. The van der Waals surface area contributed by atoms with Crippen molar-refractivity contribution < 1.29 is 14.3 Å². The zero-order chi connectivity index (χ0) is 16.4. The normalized spacial score (nSPS) is 11.6. The summed E-state index contributed by atoms with van der Waals surface area (Å²) >= 11 is 0. The van der Waals surface area contributed by atoms with Gasteiger partial charge in [-0.25, -0.2) is 0 Å². The van der Waals surface area contributed by atoms with Crippen LogP contribution >= 0.6 is 0 Å². The van der Waals surface area contributed by atoms with Crippen LogP contribution in [-0.4, -0.2) is 31.0 Å². The van der Waals surface area contributed by atoms with Crippen molar-refractivity contribution in [2.45, 2.75) is 39.3 Å². The number of ether oxygens (including phenoxy) is 1. The van der Waals surface area contributed by atoms with E-state index in [2.05, 4.69) is 10.6 Å². The molecule has 0 saturated carbocycles. The Labute approximate surface area is 131 Å². The van der Waals surface area contributed by atoms with Crippen LogP contribution in [0.5, 0.6) is 5.75 Å². The molecule has 1 rings (SSSR count). The lowest BCUT2D eigenvalue weighted by atomic mass is 10.1. The highest BCUT2D eigenvalue weighted by Gasteiger charge is 2.11. The zero-order valence-corrected chi connectivity index (χ0v) is 13.2. The second-order valence-electron chi connectivity index (χ2n) is 5.00. The molecule has 1 aromatic carbocycles. The van der Waals surface area contributed by atoms with Crippen LogP contribution in [0.15, 0.2) is 24.3 Å². The molecule has 0 bridgehead atoms. The van der Waals surface area contributed by atoms with Crippen LogP contribution in [0.3, 0.4) is 0 Å². The van der Waals surface area contributed by atoms with Crippen LogP contribution in [0.25, 0.3) is 0 Å². The van der Waals surface area contributed by atoms with Crippen molar-refractivity contribution in [3.63, 3.8) is 0 Å². The number of carbonyl (C=O) groups excluding carboxylic acids is 2. The maximum atomic E-state index is 11.8. The number of hydrogen-bond donors (Lipinski definition) is 3. The highest BCUT2D eigenvalue weighted by molar-refractivity contribution is 5.81. The summed E-state index contributed by atoms with van der Waals surface area (Å²) in [5, 5.41) is 5.46. The molecule has 22 heavy (non-hydrogen) atoms. The van der Waals surface area contributed by atoms with Crippen LogP contribution in [0.4, 0.5) is 0 Å². The Balaban J connectivity index is 2.47. The van der Waals surface area contributed by atoms with Gasteiger partial charge in [0.1, 0.15) is 5.75 Å². The first-order valence-electron chi connectivity index (χ1n) is 7.58. The Morgan fingerprint density at radius 3 is 2.73 bits per heavy atom. The molecule has 0 aliphatic heterocycles. The van der Waals surface area contributed by atoms with Gasteiger partial charge in [0.25, 0.3) is 5.91 Å². The molecule has 1 aromatic rings. The van der Waals surface area contributed by atoms with Gasteiger partial charge in [-0.3, -0.25) is 9.59 Å². The molecule has 6 heteroatoms. The van der Waals surface area contributed by atoms with Crippen LogP contribution in [0, 0.1) is 0 Å². The average Bonchev–Trinajstić information content (AvgIpc) is 2.51. The molecule has 0 spiro atoms. The molecule has 1 atom stereocenters. The van der Waals surface area contributed by atoms with E-state index in [0.29, 0.717) is 25.3 Å². The fourth-order valence-electron chi connectivity index (χ4n) is 1.90. The minimum absolute atomic E-state index is 0.0228. The third-order valence-electron chi connectivity index (χ3n) is 3.05. The van der Waals surface area contributed by atoms with Crippen LogP contribution < -0.4 is 21.1 Å². The lowest BCUT2D eigenvalue weighted by Crippen LogP contribution is -2.40. The van der Waals surface area contributed by atoms with Crippen molar-refractivity contribution >= 4 is 11.8 Å². The minimum atomic E-state index is -0.470. The summed E-state index contributed by atoms with van der Waals surface area (Å²) in [5.41, 5.74) is 6.64. The second-order valence-corrected chi connectivity index (χ2v) is 5.00. The lowest BCUT2D eigenvalue weighted by molar-refractivity contribution is -0.123. The van der Waals surface area contributed by atoms with E-state index in [9.17, 15) is 9.59 Å². The van der Waals surface area contributed by atoms with Gasteiger partial charge in [0.15, 0.2) is 6.61 Å². The van der Waals surface area contributed by atoms with E-state index < -0.39 is 6.04 Å². The van der Waals surface area contributed by atoms with Gasteiger partial charge in [0.05, 0.1) is 6.04 Å². The summed E-state index contributed by atoms with van der Waals surface area (Å²) in [6, 6.07) is 6.80. The van der Waals surface area contributed by atoms with E-state index in [1.54, 1.807) is 12.1 Å². The number of nitrogens with one attached hydrogen (secondary N) is 2. The number of amides is 2. The zero-order valence-electron chi connectivity index (χ0n) is 13.2. The first-order chi connectivity index (χ1) is 10.6. The number of nitrogens with two attached hydrogens (primary N) is 1. The molecule has 0 fully saturated rings.